The summed E-state index contributed by atoms with van der Waals surface area (Å²) < 4.78 is 16.6. The van der Waals surface area contributed by atoms with Gasteiger partial charge in [-0.05, 0) is 44.4 Å². The summed E-state index contributed by atoms with van der Waals surface area (Å²) in [6.45, 7) is 7.57. The van der Waals surface area contributed by atoms with Crippen molar-refractivity contribution in [3.63, 3.8) is 0 Å². The molecule has 0 aliphatic carbocycles. The molecule has 0 bridgehead atoms. The van der Waals surface area contributed by atoms with E-state index < -0.39 is 11.7 Å². The molecule has 0 saturated carbocycles. The first kappa shape index (κ1) is 22.8. The van der Waals surface area contributed by atoms with Gasteiger partial charge in [-0.25, -0.2) is 0 Å². The smallest absolute Gasteiger partial charge is 0.150 e. The molecule has 0 aliphatic heterocycles. The van der Waals surface area contributed by atoms with Crippen LogP contribution in [0.4, 0.5) is 0 Å². The van der Waals surface area contributed by atoms with Gasteiger partial charge in [0.25, 0.3) is 0 Å². The number of ether oxygens (including phenoxy) is 3. The van der Waals surface area contributed by atoms with E-state index in [4.69, 9.17) is 14.2 Å². The van der Waals surface area contributed by atoms with Gasteiger partial charge >= 0.3 is 0 Å². The van der Waals surface area contributed by atoms with E-state index in [0.29, 0.717) is 17.9 Å². The number of aliphatic hydroxyl groups excluding tert-OH is 1. The molecular weight excluding hydrogens is 368 g/mol. The van der Waals surface area contributed by atoms with E-state index in [-0.39, 0.29) is 6.61 Å². The van der Waals surface area contributed by atoms with Gasteiger partial charge in [0.15, 0.2) is 5.60 Å². The lowest BCUT2D eigenvalue weighted by Gasteiger charge is -2.24. The summed E-state index contributed by atoms with van der Waals surface area (Å²) in [6.07, 6.45) is -1.17. The van der Waals surface area contributed by atoms with Crippen molar-refractivity contribution in [2.45, 2.75) is 46.0 Å². The first-order chi connectivity index (χ1) is 13.7. The zero-order valence-electron chi connectivity index (χ0n) is 18.0. The highest BCUT2D eigenvalue weighted by atomic mass is 16.5. The molecule has 0 aromatic heterocycles. The molecule has 0 unspecified atom stereocenters. The van der Waals surface area contributed by atoms with Crippen LogP contribution in [-0.2, 0) is 11.3 Å². The number of rotatable bonds is 7. The average Bonchev–Trinajstić information content (AvgIpc) is 2.70. The summed E-state index contributed by atoms with van der Waals surface area (Å²) in [5.41, 5.74) is 2.70. The number of hydrogen-bond acceptors (Lipinski definition) is 5. The Kier molecular flexibility index (Phi) is 7.69. The van der Waals surface area contributed by atoms with Crippen molar-refractivity contribution >= 4 is 0 Å². The number of methoxy groups -OCH3 is 2. The van der Waals surface area contributed by atoms with Gasteiger partial charge < -0.3 is 24.4 Å². The fraction of sp³-hybridized carbons (Fsp3) is 0.417. The molecule has 0 saturated heterocycles. The van der Waals surface area contributed by atoms with Crippen molar-refractivity contribution in [1.29, 1.82) is 0 Å². The van der Waals surface area contributed by atoms with Gasteiger partial charge in [-0.3, -0.25) is 0 Å². The molecule has 29 heavy (non-hydrogen) atoms. The molecule has 2 aromatic rings. The van der Waals surface area contributed by atoms with Crippen molar-refractivity contribution in [3.05, 3.63) is 58.1 Å². The number of aliphatic hydroxyl groups is 2. The Morgan fingerprint density at radius 1 is 0.966 bits per heavy atom. The molecule has 0 radical (unpaired) electrons. The third-order valence-corrected chi connectivity index (χ3v) is 5.07. The summed E-state index contributed by atoms with van der Waals surface area (Å²) in [5, 5.41) is 21.1. The summed E-state index contributed by atoms with van der Waals surface area (Å²) in [6, 6.07) is 9.64. The van der Waals surface area contributed by atoms with Gasteiger partial charge in [0.1, 0.15) is 17.6 Å². The molecule has 0 aliphatic rings. The Hall–Kier alpha value is -2.52. The van der Waals surface area contributed by atoms with Crippen LogP contribution in [0.5, 0.6) is 11.5 Å². The van der Waals surface area contributed by atoms with Crippen LogP contribution < -0.4 is 9.47 Å². The topological polar surface area (TPSA) is 68.2 Å². The van der Waals surface area contributed by atoms with E-state index in [2.05, 4.69) is 11.8 Å². The molecule has 0 spiro atoms. The lowest BCUT2D eigenvalue weighted by atomic mass is 9.95. The van der Waals surface area contributed by atoms with Crippen molar-refractivity contribution in [2.24, 2.45) is 0 Å². The van der Waals surface area contributed by atoms with E-state index >= 15 is 0 Å². The largest absolute Gasteiger partial charge is 0.496 e. The maximum atomic E-state index is 10.7. The second-order valence-corrected chi connectivity index (χ2v) is 7.23. The maximum Gasteiger partial charge on any atom is 0.150 e. The maximum absolute atomic E-state index is 10.7. The lowest BCUT2D eigenvalue weighted by molar-refractivity contribution is -0.0679. The van der Waals surface area contributed by atoms with Crippen molar-refractivity contribution < 1.29 is 24.4 Å². The number of benzene rings is 2. The lowest BCUT2D eigenvalue weighted by Crippen LogP contribution is -2.41. The SMILES string of the molecule is COc1c(C)c(C)c(OC)c(C#C[C@](C)(O)[C@H](O)COCc2ccccc2)c1C. The van der Waals surface area contributed by atoms with E-state index in [1.165, 1.54) is 6.92 Å². The predicted octanol–water partition coefficient (Wildman–Crippen LogP) is 3.31. The summed E-state index contributed by atoms with van der Waals surface area (Å²) in [5.74, 6) is 7.13. The Labute approximate surface area is 173 Å². The third-order valence-electron chi connectivity index (χ3n) is 5.07. The van der Waals surface area contributed by atoms with E-state index in [1.54, 1.807) is 14.2 Å². The molecule has 2 rings (SSSR count). The highest BCUT2D eigenvalue weighted by Crippen LogP contribution is 2.37. The Morgan fingerprint density at radius 3 is 2.14 bits per heavy atom. The molecule has 2 aromatic carbocycles. The zero-order valence-corrected chi connectivity index (χ0v) is 18.0. The van der Waals surface area contributed by atoms with Crippen LogP contribution in [0.2, 0.25) is 0 Å². The van der Waals surface area contributed by atoms with Crippen LogP contribution in [0.3, 0.4) is 0 Å². The number of hydrogen-bond donors (Lipinski definition) is 2. The Bertz CT molecular complexity index is 891. The molecule has 156 valence electrons. The fourth-order valence-corrected chi connectivity index (χ4v) is 3.10. The summed E-state index contributed by atoms with van der Waals surface area (Å²) in [7, 11) is 3.20. The van der Waals surface area contributed by atoms with Crippen LogP contribution in [0.1, 0.15) is 34.7 Å². The molecule has 2 atom stereocenters. The van der Waals surface area contributed by atoms with Gasteiger partial charge in [0.2, 0.25) is 0 Å². The van der Waals surface area contributed by atoms with Gasteiger partial charge in [0, 0.05) is 5.56 Å². The summed E-state index contributed by atoms with van der Waals surface area (Å²) >= 11 is 0. The first-order valence-electron chi connectivity index (χ1n) is 9.50. The predicted molar refractivity (Wildman–Crippen MR) is 113 cm³/mol. The Balaban J connectivity index is 2.21. The molecule has 5 nitrogen and oxygen atoms in total. The molecule has 5 heteroatoms. The van der Waals surface area contributed by atoms with E-state index in [9.17, 15) is 10.2 Å². The zero-order chi connectivity index (χ0) is 21.6. The van der Waals surface area contributed by atoms with E-state index in [1.807, 2.05) is 51.1 Å². The van der Waals surface area contributed by atoms with Crippen molar-refractivity contribution in [2.75, 3.05) is 20.8 Å². The van der Waals surface area contributed by atoms with Crippen molar-refractivity contribution in [1.82, 2.24) is 0 Å². The minimum absolute atomic E-state index is 0.0388. The molecule has 2 N–H and O–H groups in total. The minimum Gasteiger partial charge on any atom is -0.496 e. The van der Waals surface area contributed by atoms with Gasteiger partial charge in [-0.1, -0.05) is 42.2 Å². The van der Waals surface area contributed by atoms with Crippen LogP contribution in [-0.4, -0.2) is 42.7 Å². The second-order valence-electron chi connectivity index (χ2n) is 7.23. The first-order valence-corrected chi connectivity index (χ1v) is 9.50. The monoisotopic (exact) mass is 398 g/mol. The second kappa shape index (κ2) is 9.80. The van der Waals surface area contributed by atoms with Gasteiger partial charge in [0.05, 0.1) is 33.0 Å². The molecule has 0 amide bonds. The standard InChI is InChI=1S/C24H30O5/c1-16-17(2)23(28-6)20(18(3)22(16)27-5)12-13-24(4,26)21(25)15-29-14-19-10-8-7-9-11-19/h7-11,21,25-26H,14-15H2,1-6H3/t21-,24+/m1/s1. The van der Waals surface area contributed by atoms with Crippen LogP contribution >= 0.6 is 0 Å². The highest BCUT2D eigenvalue weighted by molar-refractivity contribution is 5.63. The fourth-order valence-electron chi connectivity index (χ4n) is 3.10. The Morgan fingerprint density at radius 2 is 1.55 bits per heavy atom. The highest BCUT2D eigenvalue weighted by Gasteiger charge is 2.29. The van der Waals surface area contributed by atoms with Crippen LogP contribution in [0, 0.1) is 32.6 Å². The molecule has 0 heterocycles. The van der Waals surface area contributed by atoms with E-state index in [0.717, 1.165) is 28.0 Å². The normalized spacial score (nSPS) is 13.8. The average molecular weight is 398 g/mol. The molecular formula is C24H30O5. The summed E-state index contributed by atoms with van der Waals surface area (Å²) in [4.78, 5) is 0. The van der Waals surface area contributed by atoms with Crippen LogP contribution in [0.25, 0.3) is 0 Å². The molecule has 0 fully saturated rings. The van der Waals surface area contributed by atoms with Crippen LogP contribution in [0.15, 0.2) is 30.3 Å². The quantitative estimate of drug-likeness (QED) is 0.701. The van der Waals surface area contributed by atoms with Crippen molar-refractivity contribution in [3.8, 4) is 23.3 Å². The third kappa shape index (κ3) is 5.30. The van der Waals surface area contributed by atoms with Gasteiger partial charge in [-0.2, -0.15) is 0 Å². The van der Waals surface area contributed by atoms with Gasteiger partial charge in [-0.15, -0.1) is 0 Å². The minimum atomic E-state index is -1.65.